The minimum absolute atomic E-state index is 0.213. The highest BCUT2D eigenvalue weighted by Crippen LogP contribution is 2.37. The maximum Gasteiger partial charge on any atom is 0.251 e. The van der Waals surface area contributed by atoms with Gasteiger partial charge in [-0.05, 0) is 91.1 Å². The Labute approximate surface area is 255 Å². The molecular weight excluding hydrogens is 605 g/mol. The molecule has 0 radical (unpaired) electrons. The highest BCUT2D eigenvalue weighted by atomic mass is 79.9. The molecule has 0 saturated carbocycles. The van der Waals surface area contributed by atoms with Crippen molar-refractivity contribution in [2.45, 2.75) is 64.3 Å². The largest absolute Gasteiger partial charge is 0.389 e. The fourth-order valence-corrected chi connectivity index (χ4v) is 6.00. The van der Waals surface area contributed by atoms with E-state index < -0.39 is 11.8 Å². The summed E-state index contributed by atoms with van der Waals surface area (Å²) in [4.78, 5) is 13.0. The number of anilines is 1. The Morgan fingerprint density at radius 2 is 1.85 bits per heavy atom. The van der Waals surface area contributed by atoms with Gasteiger partial charge >= 0.3 is 0 Å². The van der Waals surface area contributed by atoms with Gasteiger partial charge in [-0.1, -0.05) is 78.3 Å². The van der Waals surface area contributed by atoms with Crippen LogP contribution in [0, 0.1) is 5.41 Å². The van der Waals surface area contributed by atoms with Gasteiger partial charge in [0.1, 0.15) is 0 Å². The van der Waals surface area contributed by atoms with Gasteiger partial charge in [0, 0.05) is 39.3 Å². The Hall–Kier alpha value is -3.00. The minimum Gasteiger partial charge on any atom is -0.389 e. The molecule has 3 aromatic rings. The average Bonchev–Trinajstić information content (AvgIpc) is 2.93. The molecule has 3 rings (SSSR count). The molecule has 0 aliphatic carbocycles. The minimum atomic E-state index is -2.04. The molecule has 0 aliphatic heterocycles. The topological polar surface area (TPSA) is 85.2 Å². The number of halogens is 3. The van der Waals surface area contributed by atoms with Gasteiger partial charge < -0.3 is 21.1 Å². The van der Waals surface area contributed by atoms with Crippen molar-refractivity contribution in [3.05, 3.63) is 110 Å². The van der Waals surface area contributed by atoms with Crippen LogP contribution < -0.4 is 10.6 Å². The van der Waals surface area contributed by atoms with Crippen molar-refractivity contribution < 1.29 is 14.3 Å². The maximum absolute atomic E-state index is 15.4. The number of benzene rings is 3. The van der Waals surface area contributed by atoms with E-state index >= 15 is 4.39 Å². The monoisotopic (exact) mass is 641 g/mol. The Morgan fingerprint density at radius 1 is 1.17 bits per heavy atom. The second-order valence-electron chi connectivity index (χ2n) is 11.0. The average molecular weight is 643 g/mol. The Bertz CT molecular complexity index is 1410. The molecule has 0 bridgehead atoms. The fraction of sp³-hybridized carbons (Fsp3) is 0.333. The Morgan fingerprint density at radius 3 is 2.44 bits per heavy atom. The van der Waals surface area contributed by atoms with E-state index in [2.05, 4.69) is 47.0 Å². The van der Waals surface area contributed by atoms with Crippen LogP contribution >= 0.6 is 27.5 Å². The molecule has 0 aromatic heterocycles. The zero-order valence-electron chi connectivity index (χ0n) is 24.0. The predicted molar refractivity (Wildman–Crippen MR) is 171 cm³/mol. The summed E-state index contributed by atoms with van der Waals surface area (Å²) in [5, 5.41) is 24.6. The summed E-state index contributed by atoms with van der Waals surface area (Å²) in [6.45, 7) is 11.9. The highest BCUT2D eigenvalue weighted by molar-refractivity contribution is 9.10. The summed E-state index contributed by atoms with van der Waals surface area (Å²) < 4.78 is 16.3. The van der Waals surface area contributed by atoms with E-state index in [1.54, 1.807) is 37.3 Å². The van der Waals surface area contributed by atoms with Gasteiger partial charge in [0.15, 0.2) is 5.67 Å². The van der Waals surface area contributed by atoms with E-state index in [0.29, 0.717) is 35.5 Å². The molecule has 218 valence electrons. The Kier molecular flexibility index (Phi) is 10.9. The molecule has 8 heteroatoms. The van der Waals surface area contributed by atoms with Crippen molar-refractivity contribution in [3.8, 4) is 0 Å². The first-order valence-electron chi connectivity index (χ1n) is 13.5. The number of carbonyl (C=O) groups excluding carboxylic acids is 1. The third kappa shape index (κ3) is 7.85. The van der Waals surface area contributed by atoms with E-state index in [4.69, 9.17) is 17.0 Å². The summed E-state index contributed by atoms with van der Waals surface area (Å²) in [7, 11) is 0. The van der Waals surface area contributed by atoms with Gasteiger partial charge in [-0.3, -0.25) is 4.79 Å². The highest BCUT2D eigenvalue weighted by Gasteiger charge is 2.38. The molecule has 0 spiro atoms. The standard InChI is InChI=1S/C33H38BrClFN3O2/c1-21(2)33(36,22(3)40)26-11-8-23(9-12-26)19-38-31(41)25-10-15-30(24(17-25)7-6-16-37)39-20-32(4,5)28-14-13-27(35)18-29(28)34/h8-18,22,37,39-40H,1,6-7,19-20H2,2-5H3,(H,38,41). The van der Waals surface area contributed by atoms with Crippen LogP contribution in [-0.4, -0.2) is 29.9 Å². The van der Waals surface area contributed by atoms with Crippen molar-refractivity contribution in [2.24, 2.45) is 0 Å². The molecular formula is C33H38BrClFN3O2. The summed E-state index contributed by atoms with van der Waals surface area (Å²) in [6.07, 6.45) is 1.31. The zero-order chi connectivity index (χ0) is 30.4. The molecule has 2 atom stereocenters. The van der Waals surface area contributed by atoms with Crippen LogP contribution in [0.3, 0.4) is 0 Å². The molecule has 0 fully saturated rings. The van der Waals surface area contributed by atoms with Gasteiger partial charge in [0.25, 0.3) is 5.91 Å². The van der Waals surface area contributed by atoms with Crippen LogP contribution in [-0.2, 0) is 24.0 Å². The van der Waals surface area contributed by atoms with Gasteiger partial charge in [0.05, 0.1) is 6.10 Å². The van der Waals surface area contributed by atoms with E-state index in [1.807, 2.05) is 30.3 Å². The molecule has 5 nitrogen and oxygen atoms in total. The number of nitrogens with one attached hydrogen (secondary N) is 3. The normalized spacial score (nSPS) is 13.7. The number of hydrogen-bond acceptors (Lipinski definition) is 4. The molecule has 0 aliphatic rings. The fourth-order valence-electron chi connectivity index (χ4n) is 4.79. The van der Waals surface area contributed by atoms with Crippen molar-refractivity contribution in [2.75, 3.05) is 11.9 Å². The number of hydrogen-bond donors (Lipinski definition) is 4. The number of aryl methyl sites for hydroxylation is 1. The first kappa shape index (κ1) is 32.5. The lowest BCUT2D eigenvalue weighted by Gasteiger charge is -2.29. The number of aliphatic hydroxyl groups excluding tert-OH is 1. The third-order valence-electron chi connectivity index (χ3n) is 7.33. The van der Waals surface area contributed by atoms with Crippen LogP contribution in [0.15, 0.2) is 77.3 Å². The van der Waals surface area contributed by atoms with E-state index in [9.17, 15) is 9.90 Å². The lowest BCUT2D eigenvalue weighted by Crippen LogP contribution is -2.34. The number of carbonyl (C=O) groups is 1. The first-order valence-corrected chi connectivity index (χ1v) is 14.7. The predicted octanol–water partition coefficient (Wildman–Crippen LogP) is 8.13. The molecule has 1 amide bonds. The van der Waals surface area contributed by atoms with E-state index in [1.165, 1.54) is 13.1 Å². The van der Waals surface area contributed by atoms with Crippen molar-refractivity contribution in [1.82, 2.24) is 5.32 Å². The molecule has 4 N–H and O–H groups in total. The molecule has 41 heavy (non-hydrogen) atoms. The van der Waals surface area contributed by atoms with Crippen LogP contribution in [0.1, 0.15) is 66.7 Å². The SMILES string of the molecule is C=C(C)C(F)(c1ccc(CNC(=O)c2ccc(NCC(C)(C)c3ccc(Cl)cc3Br)c(CCC=N)c2)cc1)C(C)O. The summed E-state index contributed by atoms with van der Waals surface area (Å²) >= 11 is 9.75. The summed E-state index contributed by atoms with van der Waals surface area (Å²) in [5.41, 5.74) is 2.62. The number of rotatable bonds is 13. The quantitative estimate of drug-likeness (QED) is 0.112. The van der Waals surface area contributed by atoms with E-state index in [-0.39, 0.29) is 23.4 Å². The van der Waals surface area contributed by atoms with Crippen LogP contribution in [0.5, 0.6) is 0 Å². The lowest BCUT2D eigenvalue weighted by molar-refractivity contribution is 0.0276. The summed E-state index contributed by atoms with van der Waals surface area (Å²) in [5.74, 6) is -0.229. The van der Waals surface area contributed by atoms with Crippen molar-refractivity contribution in [3.63, 3.8) is 0 Å². The van der Waals surface area contributed by atoms with E-state index in [0.717, 1.165) is 26.9 Å². The molecule has 0 saturated heterocycles. The summed E-state index contributed by atoms with van der Waals surface area (Å²) in [6, 6.07) is 18.0. The molecule has 2 unspecified atom stereocenters. The van der Waals surface area contributed by atoms with Crippen LogP contribution in [0.2, 0.25) is 5.02 Å². The van der Waals surface area contributed by atoms with Crippen LogP contribution in [0.25, 0.3) is 0 Å². The second kappa shape index (κ2) is 13.8. The second-order valence-corrected chi connectivity index (χ2v) is 12.3. The maximum atomic E-state index is 15.4. The molecule has 3 aromatic carbocycles. The number of alkyl halides is 1. The lowest BCUT2D eigenvalue weighted by atomic mass is 9.84. The van der Waals surface area contributed by atoms with Gasteiger partial charge in [-0.25, -0.2) is 4.39 Å². The zero-order valence-corrected chi connectivity index (χ0v) is 26.3. The van der Waals surface area contributed by atoms with Gasteiger partial charge in [-0.2, -0.15) is 0 Å². The third-order valence-corrected chi connectivity index (χ3v) is 8.22. The molecule has 0 heterocycles. The van der Waals surface area contributed by atoms with Crippen molar-refractivity contribution in [1.29, 1.82) is 5.41 Å². The number of aliphatic hydroxyl groups is 1. The van der Waals surface area contributed by atoms with Gasteiger partial charge in [-0.15, -0.1) is 0 Å². The Balaban J connectivity index is 1.72. The smallest absolute Gasteiger partial charge is 0.251 e. The van der Waals surface area contributed by atoms with Crippen LogP contribution in [0.4, 0.5) is 10.1 Å². The first-order chi connectivity index (χ1) is 19.3. The van der Waals surface area contributed by atoms with Gasteiger partial charge in [0.2, 0.25) is 0 Å². The van der Waals surface area contributed by atoms with Crippen molar-refractivity contribution >= 4 is 45.3 Å². The number of amides is 1.